The molecule has 6 nitrogen and oxygen atoms in total. The Labute approximate surface area is 459 Å². The van der Waals surface area contributed by atoms with Crippen LogP contribution in [0.4, 0.5) is 22.9 Å². The molecular formula is C66H50BN5OPt-2. The molecule has 4 heterocycles. The normalized spacial score (nSPS) is 15.1. The Morgan fingerprint density at radius 1 is 0.595 bits per heavy atom. The van der Waals surface area contributed by atoms with Crippen LogP contribution in [0, 0.1) is 29.6 Å². The molecule has 0 amide bonds. The Morgan fingerprint density at radius 3 is 2.04 bits per heavy atom. The average molecular weight is 1150 g/mol. The molecular weight excluding hydrogens is 1080 g/mol. The van der Waals surface area contributed by atoms with Gasteiger partial charge in [-0.15, -0.1) is 6.07 Å². The van der Waals surface area contributed by atoms with Gasteiger partial charge in [0.15, 0.2) is 0 Å². The fourth-order valence-corrected chi connectivity index (χ4v) is 11.8. The van der Waals surface area contributed by atoms with Crippen LogP contribution in [0.3, 0.4) is 0 Å². The van der Waals surface area contributed by atoms with Gasteiger partial charge in [-0.1, -0.05) is 42.5 Å². The van der Waals surface area contributed by atoms with Crippen molar-refractivity contribution in [3.05, 3.63) is 245 Å². The number of benzene rings is 9. The minimum atomic E-state index is -2.67. The van der Waals surface area contributed by atoms with E-state index in [1.54, 1.807) is 12.1 Å². The van der Waals surface area contributed by atoms with E-state index in [9.17, 15) is 2.74 Å². The standard InChI is InChI=1S/C66H50BN5O.Pt/c1-44-38-53(46-22-8-6-9-23-46)65(54(39-44)47-24-10-7-11-25-47)70-43-69(58-32-18-19-33-59(58)70)48-36-37-52(49-26-12-15-29-55(49)66(3,4)5)62(42-48)73-64-41-45(2)40-63(68-64)72-61-35-21-20-34-60(61)71-57-31-17-14-28-51(57)50-27-13-16-30-56(50)67(71)72;/h6-34,36-41H,1-5H3;/q-2;/i1D3,2D3,6D,8D,9D,22D,23D;. The van der Waals surface area contributed by atoms with Crippen LogP contribution in [0.2, 0.25) is 0 Å². The van der Waals surface area contributed by atoms with E-state index >= 15 is 0 Å². The van der Waals surface area contributed by atoms with E-state index in [0.717, 1.165) is 39.1 Å². The first-order valence-corrected chi connectivity index (χ1v) is 25.4. The molecule has 0 bridgehead atoms. The van der Waals surface area contributed by atoms with Crippen LogP contribution in [0.15, 0.2) is 212 Å². The zero-order chi connectivity index (χ0) is 59.6. The number of hydrogen-bond donors (Lipinski definition) is 0. The molecule has 0 N–H and O–H groups in total. The summed E-state index contributed by atoms with van der Waals surface area (Å²) in [7, 11) is 0. The number of aryl methyl sites for hydroxylation is 2. The van der Waals surface area contributed by atoms with Crippen molar-refractivity contribution in [2.75, 3.05) is 9.62 Å². The number of imidazole rings is 1. The molecule has 0 aliphatic carbocycles. The third kappa shape index (κ3) is 7.60. The van der Waals surface area contributed by atoms with Gasteiger partial charge in [0.2, 0.25) is 0 Å². The summed E-state index contributed by atoms with van der Waals surface area (Å²) in [6.07, 6.45) is 0. The Balaban J connectivity index is 1.05. The second-order valence-corrected chi connectivity index (χ2v) is 20.4. The van der Waals surface area contributed by atoms with Crippen molar-refractivity contribution >= 4 is 46.4 Å². The molecule has 74 heavy (non-hydrogen) atoms. The number of pyridine rings is 1. The zero-order valence-electron chi connectivity index (χ0n) is 51.4. The molecule has 0 unspecified atom stereocenters. The summed E-state index contributed by atoms with van der Waals surface area (Å²) in [5.41, 5.74) is 10.9. The maximum atomic E-state index is 9.30. The second kappa shape index (κ2) is 18.0. The van der Waals surface area contributed by atoms with Crippen molar-refractivity contribution in [3.63, 3.8) is 0 Å². The second-order valence-electron chi connectivity index (χ2n) is 19.3. The average Bonchev–Trinajstić information content (AvgIpc) is 2.03. The molecule has 2 aromatic heterocycles. The van der Waals surface area contributed by atoms with Gasteiger partial charge < -0.3 is 0 Å². The van der Waals surface area contributed by atoms with Crippen molar-refractivity contribution < 1.29 is 39.2 Å². The van der Waals surface area contributed by atoms with Crippen molar-refractivity contribution in [2.24, 2.45) is 0 Å². The maximum absolute atomic E-state index is 9.30. The van der Waals surface area contributed by atoms with E-state index in [-0.39, 0.29) is 39.3 Å². The summed E-state index contributed by atoms with van der Waals surface area (Å²) in [6, 6.07) is 61.5. The summed E-state index contributed by atoms with van der Waals surface area (Å²) < 4.78 is 109. The predicted molar refractivity (Wildman–Crippen MR) is 300 cm³/mol. The molecule has 9 aromatic carbocycles. The minimum absolute atomic E-state index is 0.000623. The molecule has 0 atom stereocenters. The number of anilines is 4. The Morgan fingerprint density at radius 2 is 1.26 bits per heavy atom. The Bertz CT molecular complexity index is 4580. The summed E-state index contributed by atoms with van der Waals surface area (Å²) in [4.78, 5) is 9.54. The Kier molecular flexibility index (Phi) is 8.54. The number of rotatable bonds is 8. The van der Waals surface area contributed by atoms with Crippen LogP contribution in [0.25, 0.3) is 66.9 Å². The van der Waals surface area contributed by atoms with Crippen molar-refractivity contribution in [2.45, 2.75) is 39.9 Å². The first-order valence-electron chi connectivity index (χ1n) is 29.7. The van der Waals surface area contributed by atoms with E-state index in [0.29, 0.717) is 54.4 Å². The molecule has 0 fully saturated rings. The summed E-state index contributed by atoms with van der Waals surface area (Å²) in [5, 5.41) is 0. The Hall–Kier alpha value is -8.25. The molecule has 13 rings (SSSR count). The molecule has 0 saturated carbocycles. The van der Waals surface area contributed by atoms with Gasteiger partial charge in [0, 0.05) is 11.3 Å². The van der Waals surface area contributed by atoms with Crippen LogP contribution in [0.5, 0.6) is 11.6 Å². The van der Waals surface area contributed by atoms with Crippen molar-refractivity contribution in [3.8, 4) is 67.5 Å². The van der Waals surface area contributed by atoms with Crippen molar-refractivity contribution in [1.29, 1.82) is 0 Å². The molecule has 2 aliphatic rings. The fraction of sp³-hybridized carbons (Fsp3) is 0.0909. The third-order valence-corrected chi connectivity index (χ3v) is 14.8. The SMILES string of the molecule is [2H]c1c([2H])c([2H])c(-c2cc(C([2H])([2H])[2H])cc(-c3ccccc3)c2-n2[c](=[Pt])n(-c3[c-]c(Oc4cc(C([2H])([2H])[2H])cc(N5B6c7ccccc7-c7ccccc7N6c6ccc[c-]c65)n4)c(-c4ccccc4C(C)(C)C)cc3)c3ccccc32)c([2H])c1[2H]. The van der Waals surface area contributed by atoms with Gasteiger partial charge in [-0.25, -0.2) is 0 Å². The number of ether oxygens (including phenoxy) is 1. The van der Waals surface area contributed by atoms with Gasteiger partial charge in [-0.05, 0) is 11.6 Å². The van der Waals surface area contributed by atoms with E-state index in [1.807, 2.05) is 141 Å². The summed E-state index contributed by atoms with van der Waals surface area (Å²) in [6.45, 7) is 0.639. The van der Waals surface area contributed by atoms with Gasteiger partial charge in [0.05, 0.1) is 0 Å². The van der Waals surface area contributed by atoms with Crippen LogP contribution < -0.4 is 19.8 Å². The quantitative estimate of drug-likeness (QED) is 0.112. The molecule has 0 spiro atoms. The van der Waals surface area contributed by atoms with Crippen LogP contribution in [-0.4, -0.2) is 21.1 Å². The van der Waals surface area contributed by atoms with E-state index in [1.165, 1.54) is 12.1 Å². The van der Waals surface area contributed by atoms with Gasteiger partial charge in [-0.2, -0.15) is 12.1 Å². The van der Waals surface area contributed by atoms with Gasteiger partial charge in [0.25, 0.3) is 0 Å². The van der Waals surface area contributed by atoms with Gasteiger partial charge in [-0.3, -0.25) is 0 Å². The number of hydrogen-bond acceptors (Lipinski definition) is 4. The fourth-order valence-electron chi connectivity index (χ4n) is 10.7. The topological polar surface area (TPSA) is 38.5 Å². The predicted octanol–water partition coefficient (Wildman–Crippen LogP) is 15.9. The van der Waals surface area contributed by atoms with E-state index in [2.05, 4.69) is 87.4 Å². The molecule has 360 valence electrons. The molecule has 2 aliphatic heterocycles. The van der Waals surface area contributed by atoms with Crippen LogP contribution in [-0.2, 0) is 24.8 Å². The summed E-state index contributed by atoms with van der Waals surface area (Å²) >= 11 is 2.20. The first kappa shape index (κ1) is 35.0. The third-order valence-electron chi connectivity index (χ3n) is 13.8. The van der Waals surface area contributed by atoms with Crippen LogP contribution in [0.1, 0.15) is 52.5 Å². The van der Waals surface area contributed by atoms with Gasteiger partial charge >= 0.3 is 378 Å². The van der Waals surface area contributed by atoms with E-state index in [4.69, 9.17) is 22.1 Å². The monoisotopic (exact) mass is 1150 g/mol. The number of para-hydroxylation sites is 4. The van der Waals surface area contributed by atoms with E-state index < -0.39 is 50.9 Å². The molecule has 0 radical (unpaired) electrons. The van der Waals surface area contributed by atoms with Crippen LogP contribution >= 0.6 is 0 Å². The molecule has 8 heteroatoms. The summed E-state index contributed by atoms with van der Waals surface area (Å²) in [5.74, 6) is 0.552. The van der Waals surface area contributed by atoms with Gasteiger partial charge in [0.1, 0.15) is 0 Å². The molecule has 11 aromatic rings. The number of nitrogens with zero attached hydrogens (tertiary/aromatic N) is 5. The van der Waals surface area contributed by atoms with Crippen molar-refractivity contribution in [1.82, 2.24) is 14.1 Å². The zero-order valence-corrected chi connectivity index (χ0v) is 42.6. The number of fused-ring (bicyclic) bond motifs is 9. The number of aromatic nitrogens is 3. The first-order chi connectivity index (χ1) is 40.6. The molecule has 0 saturated heterocycles.